The number of carbonyl (C=O) groups is 1. The van der Waals surface area contributed by atoms with Crippen molar-refractivity contribution < 1.29 is 4.79 Å². The van der Waals surface area contributed by atoms with Crippen molar-refractivity contribution in [3.63, 3.8) is 0 Å². The minimum absolute atomic E-state index is 0.00226. The summed E-state index contributed by atoms with van der Waals surface area (Å²) < 4.78 is 1.31. The summed E-state index contributed by atoms with van der Waals surface area (Å²) >= 11 is 0. The van der Waals surface area contributed by atoms with Gasteiger partial charge >= 0.3 is 5.69 Å². The van der Waals surface area contributed by atoms with Crippen molar-refractivity contribution in [3.05, 3.63) is 128 Å². The molecule has 0 spiro atoms. The van der Waals surface area contributed by atoms with Gasteiger partial charge in [-0.2, -0.15) is 0 Å². The number of nitrogens with zero attached hydrogens (tertiary/aromatic N) is 2. The molecule has 1 aliphatic carbocycles. The third kappa shape index (κ3) is 4.60. The second-order valence-electron chi connectivity index (χ2n) is 9.12. The van der Waals surface area contributed by atoms with Gasteiger partial charge in [0.05, 0.1) is 19.0 Å². The summed E-state index contributed by atoms with van der Waals surface area (Å²) in [5.74, 6) is -0.624. The average molecular weight is 481 g/mol. The zero-order valence-electron chi connectivity index (χ0n) is 19.9. The number of anilines is 2. The van der Waals surface area contributed by atoms with Crippen molar-refractivity contribution in [3.8, 4) is 0 Å². The number of carbonyl (C=O) groups excluding carboxylic acids is 1. The predicted octanol–water partition coefficient (Wildman–Crippen LogP) is 3.82. The number of aromatic amines is 1. The number of aromatic nitrogens is 2. The minimum Gasteiger partial charge on any atom is -0.383 e. The number of aryl methyl sites for hydroxylation is 1. The van der Waals surface area contributed by atoms with E-state index in [1.54, 1.807) is 0 Å². The molecule has 1 amide bonds. The summed E-state index contributed by atoms with van der Waals surface area (Å²) in [6, 6.07) is 26.8. The number of benzene rings is 3. The lowest BCUT2D eigenvalue weighted by atomic mass is 9.82. The van der Waals surface area contributed by atoms with E-state index in [9.17, 15) is 14.4 Å². The number of hydrogen-bond donors (Lipinski definition) is 2. The Kier molecular flexibility index (Phi) is 6.54. The second-order valence-corrected chi connectivity index (χ2v) is 9.12. The summed E-state index contributed by atoms with van der Waals surface area (Å²) in [5, 5.41) is 0. The fourth-order valence-electron chi connectivity index (χ4n) is 4.99. The highest BCUT2D eigenvalue weighted by atomic mass is 16.2. The van der Waals surface area contributed by atoms with Gasteiger partial charge in [0.15, 0.2) is 5.69 Å². The first-order valence-corrected chi connectivity index (χ1v) is 12.1. The smallest absolute Gasteiger partial charge is 0.330 e. The van der Waals surface area contributed by atoms with Gasteiger partial charge in [-0.1, -0.05) is 84.9 Å². The zero-order valence-corrected chi connectivity index (χ0v) is 19.9. The monoisotopic (exact) mass is 480 g/mol. The number of nitrogens with two attached hydrogens (primary N) is 1. The minimum atomic E-state index is -0.671. The molecule has 1 heterocycles. The second kappa shape index (κ2) is 10.1. The summed E-state index contributed by atoms with van der Waals surface area (Å²) in [7, 11) is 0. The molecule has 0 saturated heterocycles. The van der Waals surface area contributed by atoms with E-state index in [-0.39, 0.29) is 30.5 Å². The first kappa shape index (κ1) is 23.4. The third-order valence-corrected chi connectivity index (χ3v) is 6.78. The molecule has 7 nitrogen and oxygen atoms in total. The van der Waals surface area contributed by atoms with Gasteiger partial charge < -0.3 is 5.73 Å². The molecule has 1 unspecified atom stereocenters. The zero-order chi connectivity index (χ0) is 25.1. The standard InChI is InChI=1S/C29H28N4O3/c30-26-25(27(34)31-29(36)33(26)19-21-12-5-2-6-13-21)32(18-20-10-3-1-4-11-20)28(35)24-17-9-15-22-14-7-8-16-23(22)24/h1-8,10-14,16,24H,9,15,17-19,30H2,(H,31,34,36). The van der Waals surface area contributed by atoms with E-state index < -0.39 is 17.2 Å². The van der Waals surface area contributed by atoms with Gasteiger partial charge in [-0.25, -0.2) is 4.79 Å². The van der Waals surface area contributed by atoms with Crippen LogP contribution in [0.15, 0.2) is 94.5 Å². The molecule has 0 radical (unpaired) electrons. The summed E-state index contributed by atoms with van der Waals surface area (Å²) in [4.78, 5) is 43.9. The average Bonchev–Trinajstić information content (AvgIpc) is 2.91. The molecule has 36 heavy (non-hydrogen) atoms. The highest BCUT2D eigenvalue weighted by molar-refractivity contribution is 6.00. The summed E-state index contributed by atoms with van der Waals surface area (Å²) in [6.45, 7) is 0.337. The SMILES string of the molecule is Nc1c(N(Cc2ccccc2)C(=O)C2CCCc3ccccc32)c(=O)[nH]c(=O)n1Cc1ccccc1. The van der Waals surface area contributed by atoms with Crippen molar-refractivity contribution in [2.75, 3.05) is 10.6 Å². The van der Waals surface area contributed by atoms with Crippen LogP contribution >= 0.6 is 0 Å². The molecular formula is C29H28N4O3. The third-order valence-electron chi connectivity index (χ3n) is 6.78. The predicted molar refractivity (Wildman–Crippen MR) is 141 cm³/mol. The Morgan fingerprint density at radius 1 is 0.917 bits per heavy atom. The Labute approximate surface area is 208 Å². The van der Waals surface area contributed by atoms with Gasteiger partial charge in [0.25, 0.3) is 5.56 Å². The number of amides is 1. The van der Waals surface area contributed by atoms with Crippen LogP contribution in [-0.4, -0.2) is 15.5 Å². The van der Waals surface area contributed by atoms with Crippen LogP contribution in [0.1, 0.15) is 41.0 Å². The number of nitrogen functional groups attached to an aromatic ring is 1. The van der Waals surface area contributed by atoms with Crippen molar-refractivity contribution in [2.24, 2.45) is 0 Å². The summed E-state index contributed by atoms with van der Waals surface area (Å²) in [5.41, 5.74) is 9.06. The van der Waals surface area contributed by atoms with E-state index in [1.165, 1.54) is 9.47 Å². The number of nitrogens with one attached hydrogen (secondary N) is 1. The Hall–Kier alpha value is -4.39. The van der Waals surface area contributed by atoms with E-state index in [1.807, 2.05) is 78.9 Å². The van der Waals surface area contributed by atoms with Crippen molar-refractivity contribution >= 4 is 17.4 Å². The molecule has 182 valence electrons. The Morgan fingerprint density at radius 3 is 2.28 bits per heavy atom. The van der Waals surface area contributed by atoms with Crippen LogP contribution in [0, 0.1) is 0 Å². The molecule has 3 N–H and O–H groups in total. The fraction of sp³-hybridized carbons (Fsp3) is 0.207. The molecule has 3 aromatic carbocycles. The Morgan fingerprint density at radius 2 is 1.56 bits per heavy atom. The van der Waals surface area contributed by atoms with Crippen LogP contribution in [0.3, 0.4) is 0 Å². The molecule has 7 heteroatoms. The number of rotatable bonds is 6. The van der Waals surface area contributed by atoms with E-state index in [2.05, 4.69) is 11.1 Å². The fourth-order valence-corrected chi connectivity index (χ4v) is 4.99. The lowest BCUT2D eigenvalue weighted by Gasteiger charge is -2.31. The van der Waals surface area contributed by atoms with Gasteiger partial charge in [0.2, 0.25) is 5.91 Å². The maximum absolute atomic E-state index is 14.2. The quantitative estimate of drug-likeness (QED) is 0.438. The lowest BCUT2D eigenvalue weighted by Crippen LogP contribution is -2.43. The van der Waals surface area contributed by atoms with Crippen LogP contribution < -0.4 is 21.9 Å². The van der Waals surface area contributed by atoms with Crippen LogP contribution in [0.4, 0.5) is 11.5 Å². The molecule has 1 aliphatic rings. The largest absolute Gasteiger partial charge is 0.383 e. The number of H-pyrrole nitrogens is 1. The van der Waals surface area contributed by atoms with Crippen LogP contribution in [-0.2, 0) is 24.3 Å². The Bertz CT molecular complexity index is 1490. The molecule has 0 aliphatic heterocycles. The van der Waals surface area contributed by atoms with Gasteiger partial charge in [0, 0.05) is 0 Å². The first-order valence-electron chi connectivity index (χ1n) is 12.1. The normalized spacial score (nSPS) is 14.7. The number of fused-ring (bicyclic) bond motifs is 1. The van der Waals surface area contributed by atoms with E-state index in [0.717, 1.165) is 35.1 Å². The summed E-state index contributed by atoms with van der Waals surface area (Å²) in [6.07, 6.45) is 2.48. The van der Waals surface area contributed by atoms with Gasteiger partial charge in [0.1, 0.15) is 5.82 Å². The lowest BCUT2D eigenvalue weighted by molar-refractivity contribution is -0.120. The van der Waals surface area contributed by atoms with Gasteiger partial charge in [-0.15, -0.1) is 0 Å². The topological polar surface area (TPSA) is 101 Å². The number of hydrogen-bond acceptors (Lipinski definition) is 4. The molecule has 4 aromatic rings. The molecule has 0 bridgehead atoms. The van der Waals surface area contributed by atoms with Crippen LogP contribution in [0.2, 0.25) is 0 Å². The Balaban J connectivity index is 1.62. The molecular weight excluding hydrogens is 452 g/mol. The highest BCUT2D eigenvalue weighted by Gasteiger charge is 2.33. The van der Waals surface area contributed by atoms with Gasteiger partial charge in [-0.3, -0.25) is 24.0 Å². The van der Waals surface area contributed by atoms with Crippen molar-refractivity contribution in [1.82, 2.24) is 9.55 Å². The molecule has 5 rings (SSSR count). The highest BCUT2D eigenvalue weighted by Crippen LogP contribution is 2.35. The molecule has 1 atom stereocenters. The van der Waals surface area contributed by atoms with Gasteiger partial charge in [-0.05, 0) is 41.5 Å². The first-order chi connectivity index (χ1) is 17.5. The maximum atomic E-state index is 14.2. The molecule has 1 aromatic heterocycles. The van der Waals surface area contributed by atoms with Crippen molar-refractivity contribution in [2.45, 2.75) is 38.3 Å². The van der Waals surface area contributed by atoms with Crippen molar-refractivity contribution in [1.29, 1.82) is 0 Å². The van der Waals surface area contributed by atoms with Crippen LogP contribution in [0.5, 0.6) is 0 Å². The van der Waals surface area contributed by atoms with E-state index >= 15 is 0 Å². The molecule has 0 fully saturated rings. The maximum Gasteiger partial charge on any atom is 0.330 e. The van der Waals surface area contributed by atoms with Crippen LogP contribution in [0.25, 0.3) is 0 Å². The van der Waals surface area contributed by atoms with E-state index in [0.29, 0.717) is 6.42 Å². The molecule has 0 saturated carbocycles. The van der Waals surface area contributed by atoms with E-state index in [4.69, 9.17) is 5.73 Å².